The second-order valence-electron chi connectivity index (χ2n) is 27.5. The van der Waals surface area contributed by atoms with E-state index in [4.69, 9.17) is 40.1 Å². The number of H-pyrrole nitrogens is 3. The van der Waals surface area contributed by atoms with Gasteiger partial charge >= 0.3 is 0 Å². The Hall–Kier alpha value is -9.94. The number of aromatic amines is 3. The van der Waals surface area contributed by atoms with Gasteiger partial charge in [0.15, 0.2) is 0 Å². The van der Waals surface area contributed by atoms with Crippen LogP contribution >= 0.6 is 11.8 Å². The van der Waals surface area contributed by atoms with Crippen molar-refractivity contribution in [1.82, 2.24) is 57.5 Å². The maximum absolute atomic E-state index is 15.5. The summed E-state index contributed by atoms with van der Waals surface area (Å²) < 4.78 is 0. The van der Waals surface area contributed by atoms with Crippen LogP contribution in [0.5, 0.6) is 0 Å². The highest BCUT2D eigenvalue weighted by Gasteiger charge is 2.38. The number of rotatable bonds is 46. The number of hydrogen-bond acceptors (Lipinski definition) is 16. The SMILES string of the molecule is NCCCC[C@H](NC(=O)[C@H](CSC1c2ccccc2-c2ccccc21)NC(=O)[C@H](Cc1c[nH]c2ccccc12)NC(=O)[C@H](CCCCN)NC(=O)[C@H](CCCCN)NC(=O)[C@H](Cc1c[nH]c2ccccc12)NC(=O)[C@H](Cc1c[nH]c2ccccc12)NC(=O)[C@H](CCCCN)NC(=O)[C@@H](N)CCCCN)C(N)=O. The van der Waals surface area contributed by atoms with Gasteiger partial charge < -0.3 is 97.6 Å². The van der Waals surface area contributed by atoms with Crippen molar-refractivity contribution in [2.75, 3.05) is 38.5 Å². The first-order valence-corrected chi connectivity index (χ1v) is 38.4. The van der Waals surface area contributed by atoms with Crippen LogP contribution in [0, 0.1) is 0 Å². The van der Waals surface area contributed by atoms with E-state index < -0.39 is 108 Å². The number of hydrogen-bond donors (Lipinski definition) is 18. The van der Waals surface area contributed by atoms with E-state index in [0.717, 1.165) is 55.0 Å². The van der Waals surface area contributed by atoms with Gasteiger partial charge in [0.25, 0.3) is 0 Å². The van der Waals surface area contributed by atoms with E-state index in [2.05, 4.69) is 57.5 Å². The summed E-state index contributed by atoms with van der Waals surface area (Å²) in [4.78, 5) is 143. The van der Waals surface area contributed by atoms with Crippen LogP contribution in [0.15, 0.2) is 140 Å². The molecular weight excluding hydrogens is 1380 g/mol. The molecule has 1 aliphatic rings. The van der Waals surface area contributed by atoms with Gasteiger partial charge in [0, 0.05) is 76.3 Å². The quantitative estimate of drug-likeness (QED) is 0.0240. The first-order chi connectivity index (χ1) is 51.9. The highest BCUT2D eigenvalue weighted by molar-refractivity contribution is 7.99. The predicted octanol–water partition coefficient (Wildman–Crippen LogP) is 4.00. The topological polar surface area (TPSA) is 479 Å². The fourth-order valence-corrected chi connectivity index (χ4v) is 15.1. The van der Waals surface area contributed by atoms with E-state index >= 15 is 24.0 Å². The number of amides is 9. The smallest absolute Gasteiger partial charge is 0.244 e. The van der Waals surface area contributed by atoms with Gasteiger partial charge in [0.2, 0.25) is 53.2 Å². The van der Waals surface area contributed by atoms with E-state index in [1.165, 1.54) is 11.8 Å². The lowest BCUT2D eigenvalue weighted by Gasteiger charge is -2.28. The zero-order chi connectivity index (χ0) is 76.2. The van der Waals surface area contributed by atoms with E-state index in [0.29, 0.717) is 107 Å². The third-order valence-corrected chi connectivity index (χ3v) is 21.1. The maximum Gasteiger partial charge on any atom is 0.244 e. The van der Waals surface area contributed by atoms with Gasteiger partial charge in [-0.1, -0.05) is 110 Å². The molecule has 9 amide bonds. The van der Waals surface area contributed by atoms with E-state index in [-0.39, 0.29) is 69.0 Å². The first-order valence-electron chi connectivity index (χ1n) is 37.4. The van der Waals surface area contributed by atoms with Crippen LogP contribution in [0.2, 0.25) is 0 Å². The summed E-state index contributed by atoms with van der Waals surface area (Å²) in [6.07, 6.45) is 10.6. The molecule has 0 saturated carbocycles. The van der Waals surface area contributed by atoms with Gasteiger partial charge in [-0.3, -0.25) is 43.2 Å². The van der Waals surface area contributed by atoms with Gasteiger partial charge in [0.1, 0.15) is 48.3 Å². The summed E-state index contributed by atoms with van der Waals surface area (Å²) in [5.74, 6) is -6.44. The van der Waals surface area contributed by atoms with Crippen molar-refractivity contribution in [1.29, 1.82) is 0 Å². The van der Waals surface area contributed by atoms with Crippen molar-refractivity contribution >= 4 is 97.6 Å². The number of para-hydroxylation sites is 3. The molecule has 8 aromatic rings. The van der Waals surface area contributed by atoms with Crippen LogP contribution in [0.1, 0.15) is 129 Å². The number of primary amides is 1. The number of benzene rings is 5. The zero-order valence-electron chi connectivity index (χ0n) is 60.6. The second kappa shape index (κ2) is 41.3. The third-order valence-electron chi connectivity index (χ3n) is 19.7. The molecule has 0 unspecified atom stereocenters. The molecule has 572 valence electrons. The number of carbonyl (C=O) groups excluding carboxylic acids is 9. The molecule has 28 heteroatoms. The Morgan fingerprint density at radius 1 is 0.336 bits per heavy atom. The van der Waals surface area contributed by atoms with Crippen molar-refractivity contribution in [3.8, 4) is 11.1 Å². The fourth-order valence-electron chi connectivity index (χ4n) is 13.7. The summed E-state index contributed by atoms with van der Waals surface area (Å²) in [6.45, 7) is 1.61. The van der Waals surface area contributed by atoms with Crippen molar-refractivity contribution in [2.45, 2.75) is 175 Å². The Balaban J connectivity index is 1.01. The van der Waals surface area contributed by atoms with Crippen LogP contribution in [0.25, 0.3) is 43.8 Å². The van der Waals surface area contributed by atoms with E-state index in [1.807, 2.05) is 121 Å². The molecule has 9 atom stereocenters. The molecule has 9 rings (SSSR count). The molecule has 0 bridgehead atoms. The Morgan fingerprint density at radius 2 is 0.617 bits per heavy atom. The van der Waals surface area contributed by atoms with Gasteiger partial charge in [0.05, 0.1) is 11.3 Å². The summed E-state index contributed by atoms with van der Waals surface area (Å²) in [5.41, 5.74) is 50.1. The normalized spacial score (nSPS) is 14.4. The van der Waals surface area contributed by atoms with Crippen molar-refractivity contribution in [3.63, 3.8) is 0 Å². The lowest BCUT2D eigenvalue weighted by molar-refractivity contribution is -0.136. The summed E-state index contributed by atoms with van der Waals surface area (Å²) in [6, 6.07) is 27.0. The maximum atomic E-state index is 15.5. The number of aromatic nitrogens is 3. The van der Waals surface area contributed by atoms with Gasteiger partial charge in [-0.05, 0) is 180 Å². The van der Waals surface area contributed by atoms with Crippen molar-refractivity contribution in [2.24, 2.45) is 40.1 Å². The molecule has 0 saturated heterocycles. The average Bonchev–Trinajstić information content (AvgIpc) is 1.58. The number of fused-ring (bicyclic) bond motifs is 6. The minimum atomic E-state index is -1.42. The third kappa shape index (κ3) is 22.6. The monoisotopic (exact) mass is 1480 g/mol. The molecule has 1 aliphatic carbocycles. The number of nitrogens with two attached hydrogens (primary N) is 7. The Kier molecular flexibility index (Phi) is 31.3. The number of thioether (sulfide) groups is 1. The number of carbonyl (C=O) groups is 9. The molecule has 3 aromatic heterocycles. The number of unbranched alkanes of at least 4 members (excludes halogenated alkanes) is 5. The minimum Gasteiger partial charge on any atom is -0.368 e. The molecule has 5 aromatic carbocycles. The van der Waals surface area contributed by atoms with Crippen molar-refractivity contribution < 1.29 is 43.2 Å². The Bertz CT molecular complexity index is 4250. The molecule has 3 heterocycles. The van der Waals surface area contributed by atoms with Gasteiger partial charge in [-0.2, -0.15) is 0 Å². The van der Waals surface area contributed by atoms with Crippen molar-refractivity contribution in [3.05, 3.63) is 168 Å². The van der Waals surface area contributed by atoms with E-state index in [9.17, 15) is 19.2 Å². The lowest BCUT2D eigenvalue weighted by atomic mass is 10.00. The first kappa shape index (κ1) is 81.1. The molecule has 27 nitrogen and oxygen atoms in total. The van der Waals surface area contributed by atoms with E-state index in [1.54, 1.807) is 18.6 Å². The predicted molar refractivity (Wildman–Crippen MR) is 419 cm³/mol. The Labute approximate surface area is 627 Å². The van der Waals surface area contributed by atoms with Gasteiger partial charge in [-0.15, -0.1) is 11.8 Å². The standard InChI is InChI=1S/C79H106N18O9S/c80-36-16-11-28-58(85)72(99)91-63(33-13-18-38-82)74(101)94-67(42-49-45-88-60-30-9-6-22-52(49)60)77(104)96-66(41-48-44-87-59-29-8-5-21-51(48)59)76(103)93-64(34-14-19-39-83)73(100)92-65(35-15-20-40-84)75(102)95-68(43-50-46-89-61-31-10-7-23-53(50)61)78(105)97-69(79(106)90-62(71(86)98)32-12-17-37-81)47-107-70-56-26-3-1-24-54(56)55-25-2-4-27-57(55)70/h1-10,21-27,29-31,44-46,58,62-70,87-89H,11-20,28,32-43,47,80-85H2,(H2,86,98)(H,90,106)(H,91,99)(H,92,100)(H,93,103)(H,94,101)(H,95,102)(H,96,104)(H,97,105)/t58-,62-,63-,64-,65-,66-,67-,68-,69-/m0/s1. The van der Waals surface area contributed by atoms with Crippen LogP contribution in [-0.2, 0) is 62.4 Å². The average molecular weight is 1480 g/mol. The molecule has 0 fully saturated rings. The Morgan fingerprint density at radius 3 is 0.981 bits per heavy atom. The van der Waals surface area contributed by atoms with Gasteiger partial charge in [-0.25, -0.2) is 0 Å². The molecular formula is C79H106N18O9S. The minimum absolute atomic E-state index is 0.0143. The van der Waals surface area contributed by atoms with Crippen LogP contribution < -0.4 is 82.7 Å². The molecule has 0 aliphatic heterocycles. The molecule has 25 N–H and O–H groups in total. The van der Waals surface area contributed by atoms with Crippen LogP contribution in [-0.4, -0.2) is 161 Å². The summed E-state index contributed by atoms with van der Waals surface area (Å²) in [7, 11) is 0. The highest BCUT2D eigenvalue weighted by Crippen LogP contribution is 2.50. The lowest BCUT2D eigenvalue weighted by Crippen LogP contribution is -2.61. The summed E-state index contributed by atoms with van der Waals surface area (Å²) >= 11 is 1.44. The second-order valence-corrected chi connectivity index (χ2v) is 28.6. The fraction of sp³-hybridized carbons (Fsp3) is 0.430. The van der Waals surface area contributed by atoms with Crippen LogP contribution in [0.3, 0.4) is 0 Å². The molecule has 0 radical (unpaired) electrons. The largest absolute Gasteiger partial charge is 0.368 e. The molecule has 107 heavy (non-hydrogen) atoms. The highest BCUT2D eigenvalue weighted by atomic mass is 32.2. The zero-order valence-corrected chi connectivity index (χ0v) is 61.5. The molecule has 0 spiro atoms. The number of nitrogens with one attached hydrogen (secondary N) is 11. The summed E-state index contributed by atoms with van der Waals surface area (Å²) in [5, 5.41) is 25.4. The van der Waals surface area contributed by atoms with Crippen LogP contribution in [0.4, 0.5) is 0 Å².